The molecule has 1 fully saturated rings. The van der Waals surface area contributed by atoms with Crippen LogP contribution in [0.1, 0.15) is 18.5 Å². The Morgan fingerprint density at radius 2 is 2.13 bits per heavy atom. The van der Waals surface area contributed by atoms with Gasteiger partial charge in [-0.1, -0.05) is 5.16 Å². The first kappa shape index (κ1) is 15.8. The first-order valence-electron chi connectivity index (χ1n) is 7.33. The minimum Gasteiger partial charge on any atom is -0.490 e. The average molecular weight is 327 g/mol. The Morgan fingerprint density at radius 3 is 2.83 bits per heavy atom. The topological polar surface area (TPSA) is 60.2 Å². The van der Waals surface area contributed by atoms with Gasteiger partial charge in [0.2, 0.25) is 0 Å². The summed E-state index contributed by atoms with van der Waals surface area (Å²) in [7, 11) is 0. The molecule has 124 valence electrons. The molecule has 3 rings (SSSR count). The maximum atomic E-state index is 12.2. The van der Waals surface area contributed by atoms with Crippen molar-refractivity contribution in [2.24, 2.45) is 0 Å². The largest absolute Gasteiger partial charge is 0.490 e. The molecule has 23 heavy (non-hydrogen) atoms. The standard InChI is InChI=1S/C15H16F3N3O2/c16-15(17,18)3-1-11-6-14(23-21-11)10-5-13(8-19-7-10)22-9-12-2-4-20-12/h5-8,12,20H,1-4,9H2/t12-/m0/s1. The Morgan fingerprint density at radius 1 is 1.30 bits per heavy atom. The Labute approximate surface area is 130 Å². The van der Waals surface area contributed by atoms with E-state index in [0.29, 0.717) is 29.7 Å². The molecular weight excluding hydrogens is 311 g/mol. The summed E-state index contributed by atoms with van der Waals surface area (Å²) in [6.07, 6.45) is -1.11. The van der Waals surface area contributed by atoms with E-state index in [9.17, 15) is 13.2 Å². The lowest BCUT2D eigenvalue weighted by molar-refractivity contribution is -0.134. The Balaban J connectivity index is 1.63. The molecule has 1 atom stereocenters. The number of aryl methyl sites for hydroxylation is 1. The molecule has 2 aromatic rings. The molecule has 2 aromatic heterocycles. The van der Waals surface area contributed by atoms with Crippen molar-refractivity contribution in [3.63, 3.8) is 0 Å². The fraction of sp³-hybridized carbons (Fsp3) is 0.467. The van der Waals surface area contributed by atoms with Gasteiger partial charge in [0.25, 0.3) is 0 Å². The SMILES string of the molecule is FC(F)(F)CCc1cc(-c2cncc(OC[C@@H]3CCN3)c2)on1. The van der Waals surface area contributed by atoms with Gasteiger partial charge < -0.3 is 14.6 Å². The van der Waals surface area contributed by atoms with Crippen LogP contribution in [0.5, 0.6) is 5.75 Å². The van der Waals surface area contributed by atoms with Gasteiger partial charge in [0.15, 0.2) is 5.76 Å². The maximum Gasteiger partial charge on any atom is 0.389 e. The highest BCUT2D eigenvalue weighted by Gasteiger charge is 2.27. The average Bonchev–Trinajstić information content (AvgIpc) is 2.92. The number of nitrogens with zero attached hydrogens (tertiary/aromatic N) is 2. The van der Waals surface area contributed by atoms with E-state index in [1.807, 2.05) is 0 Å². The van der Waals surface area contributed by atoms with Crippen molar-refractivity contribution in [2.75, 3.05) is 13.2 Å². The minimum atomic E-state index is -4.20. The second-order valence-electron chi connectivity index (χ2n) is 5.46. The van der Waals surface area contributed by atoms with E-state index in [0.717, 1.165) is 13.0 Å². The van der Waals surface area contributed by atoms with Crippen molar-refractivity contribution in [1.82, 2.24) is 15.5 Å². The van der Waals surface area contributed by atoms with Crippen LogP contribution in [0.15, 0.2) is 29.0 Å². The van der Waals surface area contributed by atoms with Gasteiger partial charge in [0.05, 0.1) is 11.9 Å². The number of halogens is 3. The molecule has 1 aliphatic heterocycles. The second-order valence-corrected chi connectivity index (χ2v) is 5.46. The van der Waals surface area contributed by atoms with Crippen molar-refractivity contribution in [1.29, 1.82) is 0 Å². The molecular formula is C15H16F3N3O2. The Bertz CT molecular complexity index is 653. The molecule has 1 N–H and O–H groups in total. The lowest BCUT2D eigenvalue weighted by Crippen LogP contribution is -2.46. The monoisotopic (exact) mass is 327 g/mol. The lowest BCUT2D eigenvalue weighted by atomic mass is 10.1. The lowest BCUT2D eigenvalue weighted by Gasteiger charge is -2.27. The van der Waals surface area contributed by atoms with Crippen molar-refractivity contribution < 1.29 is 22.4 Å². The number of hydrogen-bond acceptors (Lipinski definition) is 5. The zero-order valence-corrected chi connectivity index (χ0v) is 12.3. The van der Waals surface area contributed by atoms with E-state index in [1.165, 1.54) is 6.07 Å². The van der Waals surface area contributed by atoms with E-state index < -0.39 is 12.6 Å². The molecule has 0 amide bonds. The zero-order chi connectivity index (χ0) is 16.3. The number of alkyl halides is 3. The third kappa shape index (κ3) is 4.44. The summed E-state index contributed by atoms with van der Waals surface area (Å²) in [5.41, 5.74) is 0.886. The van der Waals surface area contributed by atoms with Gasteiger partial charge in [-0.05, 0) is 19.0 Å². The Hall–Kier alpha value is -2.09. The normalized spacial score (nSPS) is 17.8. The van der Waals surface area contributed by atoms with Crippen molar-refractivity contribution >= 4 is 0 Å². The number of pyridine rings is 1. The van der Waals surface area contributed by atoms with E-state index in [-0.39, 0.29) is 12.1 Å². The van der Waals surface area contributed by atoms with Crippen molar-refractivity contribution in [2.45, 2.75) is 31.5 Å². The fourth-order valence-electron chi connectivity index (χ4n) is 2.16. The van der Waals surface area contributed by atoms with Crippen LogP contribution in [0.2, 0.25) is 0 Å². The first-order valence-corrected chi connectivity index (χ1v) is 7.33. The van der Waals surface area contributed by atoms with Crippen LogP contribution in [0.3, 0.4) is 0 Å². The summed E-state index contributed by atoms with van der Waals surface area (Å²) >= 11 is 0. The van der Waals surface area contributed by atoms with Crippen LogP contribution in [0.25, 0.3) is 11.3 Å². The Kier molecular flexibility index (Phi) is 4.51. The maximum absolute atomic E-state index is 12.2. The van der Waals surface area contributed by atoms with Crippen LogP contribution >= 0.6 is 0 Å². The van der Waals surface area contributed by atoms with Gasteiger partial charge in [-0.2, -0.15) is 13.2 Å². The molecule has 0 bridgehead atoms. The molecule has 1 aliphatic rings. The molecule has 0 radical (unpaired) electrons. The smallest absolute Gasteiger partial charge is 0.389 e. The molecule has 0 saturated carbocycles. The highest BCUT2D eigenvalue weighted by Crippen LogP contribution is 2.26. The summed E-state index contributed by atoms with van der Waals surface area (Å²) in [5, 5.41) is 6.89. The molecule has 5 nitrogen and oxygen atoms in total. The highest BCUT2D eigenvalue weighted by atomic mass is 19.4. The molecule has 3 heterocycles. The van der Waals surface area contributed by atoms with E-state index in [1.54, 1.807) is 18.5 Å². The van der Waals surface area contributed by atoms with Crippen molar-refractivity contribution in [3.05, 3.63) is 30.2 Å². The predicted molar refractivity (Wildman–Crippen MR) is 76.0 cm³/mol. The molecule has 0 aromatic carbocycles. The van der Waals surface area contributed by atoms with Gasteiger partial charge in [-0.25, -0.2) is 0 Å². The van der Waals surface area contributed by atoms with E-state index >= 15 is 0 Å². The van der Waals surface area contributed by atoms with Gasteiger partial charge in [-0.3, -0.25) is 4.98 Å². The van der Waals surface area contributed by atoms with Crippen LogP contribution in [0.4, 0.5) is 13.2 Å². The van der Waals surface area contributed by atoms with E-state index in [2.05, 4.69) is 15.5 Å². The highest BCUT2D eigenvalue weighted by molar-refractivity contribution is 5.58. The molecule has 0 spiro atoms. The fourth-order valence-corrected chi connectivity index (χ4v) is 2.16. The summed E-state index contributed by atoms with van der Waals surface area (Å²) in [6.45, 7) is 1.56. The number of ether oxygens (including phenoxy) is 1. The number of rotatable bonds is 6. The van der Waals surface area contributed by atoms with Crippen LogP contribution in [-0.2, 0) is 6.42 Å². The molecule has 1 saturated heterocycles. The summed E-state index contributed by atoms with van der Waals surface area (Å²) < 4.78 is 47.4. The van der Waals surface area contributed by atoms with Gasteiger partial charge in [-0.15, -0.1) is 0 Å². The zero-order valence-electron chi connectivity index (χ0n) is 12.3. The molecule has 0 unspecified atom stereocenters. The quantitative estimate of drug-likeness (QED) is 0.884. The first-order chi connectivity index (χ1) is 11.0. The third-order valence-electron chi connectivity index (χ3n) is 3.60. The van der Waals surface area contributed by atoms with Crippen LogP contribution < -0.4 is 10.1 Å². The summed E-state index contributed by atoms with van der Waals surface area (Å²) in [5.74, 6) is 0.964. The molecule has 8 heteroatoms. The van der Waals surface area contributed by atoms with Crippen LogP contribution in [0, 0.1) is 0 Å². The van der Waals surface area contributed by atoms with E-state index in [4.69, 9.17) is 9.26 Å². The van der Waals surface area contributed by atoms with Crippen LogP contribution in [-0.4, -0.2) is 35.5 Å². The predicted octanol–water partition coefficient (Wildman–Crippen LogP) is 2.97. The second kappa shape index (κ2) is 6.57. The van der Waals surface area contributed by atoms with Gasteiger partial charge >= 0.3 is 6.18 Å². The number of hydrogen-bond donors (Lipinski definition) is 1. The third-order valence-corrected chi connectivity index (χ3v) is 3.60. The summed E-state index contributed by atoms with van der Waals surface area (Å²) in [4.78, 5) is 4.06. The van der Waals surface area contributed by atoms with Gasteiger partial charge in [0.1, 0.15) is 12.4 Å². The van der Waals surface area contributed by atoms with Gasteiger partial charge in [0, 0.05) is 36.7 Å². The number of aromatic nitrogens is 2. The number of nitrogens with one attached hydrogen (secondary N) is 1. The molecule has 0 aliphatic carbocycles. The minimum absolute atomic E-state index is 0.204. The summed E-state index contributed by atoms with van der Waals surface area (Å²) in [6, 6.07) is 3.60. The van der Waals surface area contributed by atoms with Crippen molar-refractivity contribution in [3.8, 4) is 17.1 Å².